The standard InChI is InChI=1S/C17H23NO3S/c1-13(2)15-8-6-14(7-9-15)4-3-5-16(19)18-10-11-22-12-17(20)21/h3-4,6-9,13H,5,10-12H2,1-2H3,(H,18,19)(H,20,21)/b4-3+. The van der Waals surface area contributed by atoms with Crippen LogP contribution in [0.1, 0.15) is 37.3 Å². The average molecular weight is 321 g/mol. The van der Waals surface area contributed by atoms with E-state index in [-0.39, 0.29) is 11.7 Å². The second-order valence-electron chi connectivity index (χ2n) is 5.22. The Morgan fingerprint density at radius 2 is 1.95 bits per heavy atom. The molecule has 0 aliphatic carbocycles. The van der Waals surface area contributed by atoms with Gasteiger partial charge in [-0.05, 0) is 17.0 Å². The molecule has 22 heavy (non-hydrogen) atoms. The van der Waals surface area contributed by atoms with E-state index in [0.29, 0.717) is 24.6 Å². The van der Waals surface area contributed by atoms with Gasteiger partial charge in [-0.2, -0.15) is 0 Å². The van der Waals surface area contributed by atoms with Crippen LogP contribution < -0.4 is 5.32 Å². The van der Waals surface area contributed by atoms with Crippen LogP contribution in [0.5, 0.6) is 0 Å². The maximum absolute atomic E-state index is 11.6. The number of thioether (sulfide) groups is 1. The highest BCUT2D eigenvalue weighted by Gasteiger charge is 2.00. The van der Waals surface area contributed by atoms with Gasteiger partial charge in [0.2, 0.25) is 5.91 Å². The van der Waals surface area contributed by atoms with E-state index in [2.05, 4.69) is 31.3 Å². The van der Waals surface area contributed by atoms with Crippen molar-refractivity contribution in [3.05, 3.63) is 41.5 Å². The Hall–Kier alpha value is -1.75. The lowest BCUT2D eigenvalue weighted by Gasteiger charge is -2.04. The van der Waals surface area contributed by atoms with Gasteiger partial charge in [0.15, 0.2) is 0 Å². The highest BCUT2D eigenvalue weighted by molar-refractivity contribution is 7.99. The molecule has 0 unspecified atom stereocenters. The molecule has 1 amide bonds. The van der Waals surface area contributed by atoms with E-state index in [1.165, 1.54) is 17.3 Å². The van der Waals surface area contributed by atoms with Crippen molar-refractivity contribution in [2.45, 2.75) is 26.2 Å². The Morgan fingerprint density at radius 3 is 2.55 bits per heavy atom. The molecule has 1 aromatic rings. The van der Waals surface area contributed by atoms with Crippen molar-refractivity contribution in [3.8, 4) is 0 Å². The highest BCUT2D eigenvalue weighted by atomic mass is 32.2. The molecule has 0 radical (unpaired) electrons. The van der Waals surface area contributed by atoms with Crippen molar-refractivity contribution in [1.82, 2.24) is 5.32 Å². The minimum absolute atomic E-state index is 0.0500. The van der Waals surface area contributed by atoms with Gasteiger partial charge >= 0.3 is 5.97 Å². The van der Waals surface area contributed by atoms with Crippen LogP contribution in [0.4, 0.5) is 0 Å². The molecule has 5 heteroatoms. The van der Waals surface area contributed by atoms with E-state index in [9.17, 15) is 9.59 Å². The minimum atomic E-state index is -0.831. The summed E-state index contributed by atoms with van der Waals surface area (Å²) in [5, 5.41) is 11.2. The third-order valence-corrected chi connectivity index (χ3v) is 3.95. The number of nitrogens with one attached hydrogen (secondary N) is 1. The third kappa shape index (κ3) is 7.88. The van der Waals surface area contributed by atoms with Crippen LogP contribution in [0.2, 0.25) is 0 Å². The fraction of sp³-hybridized carbons (Fsp3) is 0.412. The molecular weight excluding hydrogens is 298 g/mol. The molecule has 0 aliphatic heterocycles. The number of benzene rings is 1. The van der Waals surface area contributed by atoms with E-state index < -0.39 is 5.97 Å². The van der Waals surface area contributed by atoms with E-state index >= 15 is 0 Å². The van der Waals surface area contributed by atoms with Gasteiger partial charge in [-0.1, -0.05) is 50.3 Å². The van der Waals surface area contributed by atoms with Crippen molar-refractivity contribution < 1.29 is 14.7 Å². The molecule has 4 nitrogen and oxygen atoms in total. The van der Waals surface area contributed by atoms with Crippen molar-refractivity contribution in [2.75, 3.05) is 18.1 Å². The fourth-order valence-corrected chi connectivity index (χ4v) is 2.35. The molecule has 120 valence electrons. The number of hydrogen-bond donors (Lipinski definition) is 2. The zero-order valence-corrected chi connectivity index (χ0v) is 13.9. The van der Waals surface area contributed by atoms with Gasteiger partial charge in [-0.25, -0.2) is 0 Å². The van der Waals surface area contributed by atoms with Crippen molar-refractivity contribution in [1.29, 1.82) is 0 Å². The molecule has 0 saturated heterocycles. The van der Waals surface area contributed by atoms with Gasteiger partial charge in [0, 0.05) is 18.7 Å². The zero-order chi connectivity index (χ0) is 16.4. The first-order valence-electron chi connectivity index (χ1n) is 7.31. The fourth-order valence-electron chi connectivity index (χ4n) is 1.79. The van der Waals surface area contributed by atoms with E-state index in [4.69, 9.17) is 5.11 Å². The molecule has 0 atom stereocenters. The molecule has 0 bridgehead atoms. The molecule has 2 N–H and O–H groups in total. The molecule has 0 heterocycles. The van der Waals surface area contributed by atoms with Gasteiger partial charge in [-0.3, -0.25) is 9.59 Å². The molecule has 0 spiro atoms. The molecular formula is C17H23NO3S. The summed E-state index contributed by atoms with van der Waals surface area (Å²) in [5.74, 6) is 0.317. The minimum Gasteiger partial charge on any atom is -0.481 e. The number of amides is 1. The van der Waals surface area contributed by atoms with E-state index in [1.807, 2.05) is 24.3 Å². The van der Waals surface area contributed by atoms with E-state index in [0.717, 1.165) is 5.56 Å². The van der Waals surface area contributed by atoms with Crippen LogP contribution in [-0.4, -0.2) is 35.0 Å². The average Bonchev–Trinajstić information content (AvgIpc) is 2.47. The maximum Gasteiger partial charge on any atom is 0.313 e. The lowest BCUT2D eigenvalue weighted by Crippen LogP contribution is -2.25. The monoisotopic (exact) mass is 321 g/mol. The quantitative estimate of drug-likeness (QED) is 0.686. The summed E-state index contributed by atoms with van der Waals surface area (Å²) in [6.45, 7) is 4.81. The molecule has 1 rings (SSSR count). The lowest BCUT2D eigenvalue weighted by atomic mass is 10.0. The van der Waals surface area contributed by atoms with Crippen molar-refractivity contribution in [3.63, 3.8) is 0 Å². The van der Waals surface area contributed by atoms with Crippen LogP contribution in [0.25, 0.3) is 6.08 Å². The first kappa shape index (κ1) is 18.3. The molecule has 0 fully saturated rings. The Labute approximate surface area is 136 Å². The Balaban J connectivity index is 2.24. The maximum atomic E-state index is 11.6. The van der Waals surface area contributed by atoms with Crippen LogP contribution in [-0.2, 0) is 9.59 Å². The number of aliphatic carboxylic acids is 1. The summed E-state index contributed by atoms with van der Waals surface area (Å²) >= 11 is 1.30. The van der Waals surface area contributed by atoms with Gasteiger partial charge < -0.3 is 10.4 Å². The smallest absolute Gasteiger partial charge is 0.313 e. The summed E-state index contributed by atoms with van der Waals surface area (Å²) in [6.07, 6.45) is 4.10. The largest absolute Gasteiger partial charge is 0.481 e. The topological polar surface area (TPSA) is 66.4 Å². The number of carboxylic acid groups (broad SMARTS) is 1. The summed E-state index contributed by atoms with van der Waals surface area (Å²) in [7, 11) is 0. The summed E-state index contributed by atoms with van der Waals surface area (Å²) in [4.78, 5) is 21.9. The molecule has 0 aliphatic rings. The SMILES string of the molecule is CC(C)c1ccc(/C=C/CC(=O)NCCSCC(=O)O)cc1. The summed E-state index contributed by atoms with van der Waals surface area (Å²) < 4.78 is 0. The van der Waals surface area contributed by atoms with E-state index in [1.54, 1.807) is 0 Å². The number of hydrogen-bond acceptors (Lipinski definition) is 3. The van der Waals surface area contributed by atoms with Gasteiger partial charge in [0.1, 0.15) is 0 Å². The molecule has 0 saturated carbocycles. The Bertz CT molecular complexity index is 509. The van der Waals surface area contributed by atoms with Gasteiger partial charge in [0.05, 0.1) is 5.75 Å². The first-order chi connectivity index (χ1) is 10.5. The molecule has 1 aromatic carbocycles. The molecule has 0 aromatic heterocycles. The summed E-state index contributed by atoms with van der Waals surface area (Å²) in [6, 6.07) is 8.30. The second kappa shape index (κ2) is 10.1. The van der Waals surface area contributed by atoms with Gasteiger partial charge in [0.25, 0.3) is 0 Å². The van der Waals surface area contributed by atoms with Crippen LogP contribution in [0, 0.1) is 0 Å². The van der Waals surface area contributed by atoms with Crippen molar-refractivity contribution in [2.24, 2.45) is 0 Å². The Morgan fingerprint density at radius 1 is 1.27 bits per heavy atom. The van der Waals surface area contributed by atoms with Crippen molar-refractivity contribution >= 4 is 29.7 Å². The third-order valence-electron chi connectivity index (χ3n) is 3.01. The predicted molar refractivity (Wildman–Crippen MR) is 92.2 cm³/mol. The van der Waals surface area contributed by atoms with Crippen LogP contribution >= 0.6 is 11.8 Å². The first-order valence-corrected chi connectivity index (χ1v) is 8.47. The number of carboxylic acids is 1. The zero-order valence-electron chi connectivity index (χ0n) is 13.0. The second-order valence-corrected chi connectivity index (χ2v) is 6.33. The van der Waals surface area contributed by atoms with Crippen LogP contribution in [0.3, 0.4) is 0 Å². The number of carbonyl (C=O) groups excluding carboxylic acids is 1. The lowest BCUT2D eigenvalue weighted by molar-refractivity contribution is -0.133. The van der Waals surface area contributed by atoms with Gasteiger partial charge in [-0.15, -0.1) is 11.8 Å². The number of rotatable bonds is 9. The normalized spacial score (nSPS) is 11.0. The predicted octanol–water partition coefficient (Wildman–Crippen LogP) is 3.15. The van der Waals surface area contributed by atoms with Crippen LogP contribution in [0.15, 0.2) is 30.3 Å². The Kier molecular flexibility index (Phi) is 8.36. The highest BCUT2D eigenvalue weighted by Crippen LogP contribution is 2.15. The number of carbonyl (C=O) groups is 2. The summed E-state index contributed by atoms with van der Waals surface area (Å²) in [5.41, 5.74) is 2.38.